The van der Waals surface area contributed by atoms with E-state index in [4.69, 9.17) is 4.74 Å². The lowest BCUT2D eigenvalue weighted by Crippen LogP contribution is -2.46. The molecule has 2 N–H and O–H groups in total. The standard InChI is InChI=1S/C19H32N4OS/c1-16(25-18-9-5-4-6-10-18)14-21-19(20-2)22-15-17-8-7-11-23(17)12-13-24-3/h4-6,9-10,16-17H,7-8,11-15H2,1-3H3,(H2,20,21,22). The summed E-state index contributed by atoms with van der Waals surface area (Å²) >= 11 is 1.88. The van der Waals surface area contributed by atoms with Gasteiger partial charge in [-0.15, -0.1) is 11.8 Å². The summed E-state index contributed by atoms with van der Waals surface area (Å²) in [5.74, 6) is 0.888. The van der Waals surface area contributed by atoms with Gasteiger partial charge in [-0.3, -0.25) is 9.89 Å². The van der Waals surface area contributed by atoms with Crippen LogP contribution in [0.25, 0.3) is 0 Å². The topological polar surface area (TPSA) is 48.9 Å². The van der Waals surface area contributed by atoms with Gasteiger partial charge in [-0.1, -0.05) is 25.1 Å². The number of hydrogen-bond donors (Lipinski definition) is 2. The zero-order valence-electron chi connectivity index (χ0n) is 15.7. The lowest BCUT2D eigenvalue weighted by atomic mass is 10.2. The van der Waals surface area contributed by atoms with Crippen LogP contribution < -0.4 is 10.6 Å². The number of aliphatic imine (C=N–C) groups is 1. The summed E-state index contributed by atoms with van der Waals surface area (Å²) in [6.07, 6.45) is 2.51. The average molecular weight is 365 g/mol. The molecule has 0 bridgehead atoms. The van der Waals surface area contributed by atoms with Crippen molar-refractivity contribution < 1.29 is 4.74 Å². The van der Waals surface area contributed by atoms with Crippen molar-refractivity contribution in [3.05, 3.63) is 30.3 Å². The maximum Gasteiger partial charge on any atom is 0.191 e. The van der Waals surface area contributed by atoms with Crippen molar-refractivity contribution in [3.8, 4) is 0 Å². The normalized spacial score (nSPS) is 19.8. The molecule has 1 fully saturated rings. The van der Waals surface area contributed by atoms with Crippen molar-refractivity contribution in [1.82, 2.24) is 15.5 Å². The Kier molecular flexibility index (Phi) is 9.15. The van der Waals surface area contributed by atoms with Crippen LogP contribution in [0.4, 0.5) is 0 Å². The van der Waals surface area contributed by atoms with Gasteiger partial charge in [0, 0.05) is 50.0 Å². The number of guanidine groups is 1. The zero-order valence-corrected chi connectivity index (χ0v) is 16.5. The van der Waals surface area contributed by atoms with Gasteiger partial charge < -0.3 is 15.4 Å². The molecule has 0 aliphatic carbocycles. The van der Waals surface area contributed by atoms with Crippen molar-refractivity contribution in [2.24, 2.45) is 4.99 Å². The molecule has 1 heterocycles. The summed E-state index contributed by atoms with van der Waals surface area (Å²) in [5.41, 5.74) is 0. The van der Waals surface area contributed by atoms with Crippen LogP contribution in [0.1, 0.15) is 19.8 Å². The molecule has 2 atom stereocenters. The van der Waals surface area contributed by atoms with Gasteiger partial charge in [0.25, 0.3) is 0 Å². The Hall–Kier alpha value is -1.24. The fraction of sp³-hybridized carbons (Fsp3) is 0.632. The number of nitrogens with one attached hydrogen (secondary N) is 2. The van der Waals surface area contributed by atoms with Crippen molar-refractivity contribution in [2.75, 3.05) is 46.9 Å². The van der Waals surface area contributed by atoms with Crippen molar-refractivity contribution in [3.63, 3.8) is 0 Å². The fourth-order valence-electron chi connectivity index (χ4n) is 3.08. The summed E-state index contributed by atoms with van der Waals surface area (Å²) in [6.45, 7) is 7.05. The van der Waals surface area contributed by atoms with E-state index in [2.05, 4.69) is 57.8 Å². The number of benzene rings is 1. The van der Waals surface area contributed by atoms with Crippen molar-refractivity contribution in [1.29, 1.82) is 0 Å². The van der Waals surface area contributed by atoms with Gasteiger partial charge in [-0.2, -0.15) is 0 Å². The summed E-state index contributed by atoms with van der Waals surface area (Å²) in [7, 11) is 3.60. The van der Waals surface area contributed by atoms with Crippen LogP contribution in [0.15, 0.2) is 40.2 Å². The van der Waals surface area contributed by atoms with Crippen LogP contribution >= 0.6 is 11.8 Å². The highest BCUT2D eigenvalue weighted by atomic mass is 32.2. The molecule has 1 aliphatic rings. The maximum atomic E-state index is 5.21. The minimum Gasteiger partial charge on any atom is -0.383 e. The Labute approximate surface area is 156 Å². The van der Waals surface area contributed by atoms with E-state index < -0.39 is 0 Å². The van der Waals surface area contributed by atoms with Crippen LogP contribution in [0.2, 0.25) is 0 Å². The molecule has 2 unspecified atom stereocenters. The summed E-state index contributed by atoms with van der Waals surface area (Å²) in [5, 5.41) is 7.41. The highest BCUT2D eigenvalue weighted by Crippen LogP contribution is 2.21. The third-order valence-corrected chi connectivity index (χ3v) is 5.56. The SMILES string of the molecule is CN=C(NCC(C)Sc1ccccc1)NCC1CCCN1CCOC. The highest BCUT2D eigenvalue weighted by Gasteiger charge is 2.23. The minimum atomic E-state index is 0.477. The molecule has 0 radical (unpaired) electrons. The average Bonchev–Trinajstić information content (AvgIpc) is 3.08. The zero-order chi connectivity index (χ0) is 17.9. The van der Waals surface area contributed by atoms with E-state index in [1.807, 2.05) is 18.8 Å². The first-order valence-electron chi connectivity index (χ1n) is 9.12. The van der Waals surface area contributed by atoms with Gasteiger partial charge in [0.1, 0.15) is 0 Å². The van der Waals surface area contributed by atoms with Crippen LogP contribution in [0, 0.1) is 0 Å². The first-order chi connectivity index (χ1) is 12.2. The number of thioether (sulfide) groups is 1. The van der Waals surface area contributed by atoms with Gasteiger partial charge in [0.15, 0.2) is 5.96 Å². The van der Waals surface area contributed by atoms with Gasteiger partial charge in [-0.25, -0.2) is 0 Å². The van der Waals surface area contributed by atoms with Crippen molar-refractivity contribution in [2.45, 2.75) is 36.0 Å². The van der Waals surface area contributed by atoms with E-state index in [0.29, 0.717) is 11.3 Å². The lowest BCUT2D eigenvalue weighted by molar-refractivity contribution is 0.141. The Morgan fingerprint density at radius 3 is 2.88 bits per heavy atom. The first kappa shape index (κ1) is 20.1. The van der Waals surface area contributed by atoms with E-state index in [0.717, 1.165) is 32.2 Å². The predicted molar refractivity (Wildman–Crippen MR) is 108 cm³/mol. The number of hydrogen-bond acceptors (Lipinski definition) is 4. The fourth-order valence-corrected chi connectivity index (χ4v) is 4.02. The van der Waals surface area contributed by atoms with E-state index in [1.165, 1.54) is 24.3 Å². The van der Waals surface area contributed by atoms with Crippen molar-refractivity contribution >= 4 is 17.7 Å². The second kappa shape index (κ2) is 11.4. The molecule has 140 valence electrons. The quantitative estimate of drug-likeness (QED) is 0.400. The smallest absolute Gasteiger partial charge is 0.191 e. The van der Waals surface area contributed by atoms with Crippen LogP contribution in [-0.4, -0.2) is 69.1 Å². The molecule has 1 aromatic rings. The largest absolute Gasteiger partial charge is 0.383 e. The maximum absolute atomic E-state index is 5.21. The molecule has 1 aromatic carbocycles. The van der Waals surface area contributed by atoms with Crippen LogP contribution in [-0.2, 0) is 4.74 Å². The molecule has 2 rings (SSSR count). The summed E-state index contributed by atoms with van der Waals surface area (Å²) in [6, 6.07) is 11.1. The number of rotatable bonds is 9. The van der Waals surface area contributed by atoms with E-state index in [-0.39, 0.29) is 0 Å². The molecule has 0 amide bonds. The van der Waals surface area contributed by atoms with Crippen LogP contribution in [0.3, 0.4) is 0 Å². The predicted octanol–water partition coefficient (Wildman–Crippen LogP) is 2.44. The molecule has 25 heavy (non-hydrogen) atoms. The van der Waals surface area contributed by atoms with E-state index in [9.17, 15) is 0 Å². The van der Waals surface area contributed by atoms with Gasteiger partial charge in [0.2, 0.25) is 0 Å². The molecule has 0 saturated carbocycles. The van der Waals surface area contributed by atoms with Gasteiger partial charge in [0.05, 0.1) is 6.61 Å². The summed E-state index contributed by atoms with van der Waals surface area (Å²) < 4.78 is 5.21. The van der Waals surface area contributed by atoms with Gasteiger partial charge in [-0.05, 0) is 31.5 Å². The minimum absolute atomic E-state index is 0.477. The molecule has 1 aliphatic heterocycles. The third-order valence-electron chi connectivity index (χ3n) is 4.45. The Morgan fingerprint density at radius 1 is 1.36 bits per heavy atom. The number of methoxy groups -OCH3 is 1. The van der Waals surface area contributed by atoms with E-state index in [1.54, 1.807) is 7.11 Å². The molecule has 6 heteroatoms. The molecule has 0 aromatic heterocycles. The Balaban J connectivity index is 1.69. The monoisotopic (exact) mass is 364 g/mol. The Morgan fingerprint density at radius 2 is 2.16 bits per heavy atom. The molecular formula is C19H32N4OS. The van der Waals surface area contributed by atoms with Crippen LogP contribution in [0.5, 0.6) is 0 Å². The van der Waals surface area contributed by atoms with E-state index >= 15 is 0 Å². The Bertz CT molecular complexity index is 511. The highest BCUT2D eigenvalue weighted by molar-refractivity contribution is 8.00. The second-order valence-corrected chi connectivity index (χ2v) is 7.91. The second-order valence-electron chi connectivity index (χ2n) is 6.40. The molecule has 0 spiro atoms. The molecule has 1 saturated heterocycles. The number of nitrogens with zero attached hydrogens (tertiary/aromatic N) is 2. The number of likely N-dealkylation sites (tertiary alicyclic amines) is 1. The van der Waals surface area contributed by atoms with Gasteiger partial charge >= 0.3 is 0 Å². The third kappa shape index (κ3) is 7.26. The lowest BCUT2D eigenvalue weighted by Gasteiger charge is -2.25. The first-order valence-corrected chi connectivity index (χ1v) is 10.00. The summed E-state index contributed by atoms with van der Waals surface area (Å²) in [4.78, 5) is 8.17. The molecule has 5 nitrogen and oxygen atoms in total. The number of ether oxygens (including phenoxy) is 1. The molecular weight excluding hydrogens is 332 g/mol.